The minimum atomic E-state index is -0.824. The lowest BCUT2D eigenvalue weighted by Gasteiger charge is -2.42. The van der Waals surface area contributed by atoms with E-state index in [1.54, 1.807) is 12.1 Å². The van der Waals surface area contributed by atoms with Crippen LogP contribution in [0.15, 0.2) is 24.3 Å². The lowest BCUT2D eigenvalue weighted by molar-refractivity contribution is -0.139. The van der Waals surface area contributed by atoms with E-state index in [-0.39, 0.29) is 30.4 Å². The molecule has 0 heterocycles. The van der Waals surface area contributed by atoms with E-state index in [0.29, 0.717) is 31.7 Å². The number of carbonyl (C=O) groups is 2. The molecule has 1 saturated carbocycles. The molecule has 1 aromatic carbocycles. The van der Waals surface area contributed by atoms with Gasteiger partial charge in [-0.25, -0.2) is 4.39 Å². The van der Waals surface area contributed by atoms with Crippen LogP contribution < -0.4 is 10.1 Å². The quantitative estimate of drug-likeness (QED) is 0.630. The molecule has 1 aliphatic rings. The second kappa shape index (κ2) is 9.36. The van der Waals surface area contributed by atoms with Crippen molar-refractivity contribution in [3.63, 3.8) is 0 Å². The van der Waals surface area contributed by atoms with Crippen molar-refractivity contribution >= 4 is 11.9 Å². The summed E-state index contributed by atoms with van der Waals surface area (Å²) in [6.07, 6.45) is 2.53. The average Bonchev–Trinajstić information content (AvgIpc) is 2.54. The molecular formula is C18H25FN2O4. The van der Waals surface area contributed by atoms with Gasteiger partial charge in [-0.2, -0.15) is 0 Å². The zero-order chi connectivity index (χ0) is 18.2. The fourth-order valence-corrected chi connectivity index (χ4v) is 2.93. The Morgan fingerprint density at radius 2 is 2.00 bits per heavy atom. The van der Waals surface area contributed by atoms with Crippen molar-refractivity contribution in [2.24, 2.45) is 0 Å². The van der Waals surface area contributed by atoms with Crippen LogP contribution in [0.1, 0.15) is 32.6 Å². The number of aliphatic carboxylic acids is 1. The summed E-state index contributed by atoms with van der Waals surface area (Å²) in [4.78, 5) is 24.6. The van der Waals surface area contributed by atoms with Gasteiger partial charge in [0.2, 0.25) is 5.91 Å². The van der Waals surface area contributed by atoms with Crippen molar-refractivity contribution in [1.29, 1.82) is 0 Å². The van der Waals surface area contributed by atoms with E-state index in [9.17, 15) is 14.0 Å². The molecule has 6 nitrogen and oxygen atoms in total. The largest absolute Gasteiger partial charge is 0.494 e. The molecule has 7 heteroatoms. The molecule has 1 aromatic rings. The normalized spacial score (nSPS) is 19.3. The molecule has 1 amide bonds. The maximum Gasteiger partial charge on any atom is 0.317 e. The van der Waals surface area contributed by atoms with E-state index in [0.717, 1.165) is 12.8 Å². The number of hydrogen-bond donors (Lipinski definition) is 2. The Hall–Kier alpha value is -2.15. The molecule has 0 atom stereocenters. The highest BCUT2D eigenvalue weighted by molar-refractivity contribution is 5.76. The Bertz CT molecular complexity index is 573. The Kier molecular flexibility index (Phi) is 7.18. The summed E-state index contributed by atoms with van der Waals surface area (Å²) >= 11 is 0. The molecule has 0 unspecified atom stereocenters. The molecule has 0 aliphatic heterocycles. The van der Waals surface area contributed by atoms with Gasteiger partial charge >= 0.3 is 5.97 Å². The molecule has 2 rings (SSSR count). The number of benzene rings is 1. The third kappa shape index (κ3) is 6.34. The number of likely N-dealkylation sites (N-methyl/N-ethyl adjacent to an activating group) is 1. The smallest absolute Gasteiger partial charge is 0.317 e. The van der Waals surface area contributed by atoms with Crippen LogP contribution in [0.3, 0.4) is 0 Å². The van der Waals surface area contributed by atoms with Crippen molar-refractivity contribution < 1.29 is 23.8 Å². The molecule has 0 radical (unpaired) electrons. The molecule has 0 bridgehead atoms. The number of nitrogens with one attached hydrogen (secondary N) is 1. The molecule has 2 N–H and O–H groups in total. The standard InChI is InChI=1S/C18H25FN2O4/c1-2-21(12-18(23)24)15-10-14(11-15)20-17(22)4-3-9-25-16-7-5-13(19)6-8-16/h5-8,14-15H,2-4,9-12H2,1H3,(H,20,22)(H,23,24). The first-order chi connectivity index (χ1) is 12.0. The molecule has 1 aliphatic carbocycles. The third-order valence-corrected chi connectivity index (χ3v) is 4.37. The first kappa shape index (κ1) is 19.2. The Labute approximate surface area is 147 Å². The summed E-state index contributed by atoms with van der Waals surface area (Å²) in [6.45, 7) is 3.07. The second-order valence-corrected chi connectivity index (χ2v) is 6.25. The van der Waals surface area contributed by atoms with E-state index in [2.05, 4.69) is 5.32 Å². The number of carboxylic acids is 1. The van der Waals surface area contributed by atoms with Gasteiger partial charge in [0, 0.05) is 18.5 Å². The van der Waals surface area contributed by atoms with Gasteiger partial charge in [-0.1, -0.05) is 6.92 Å². The number of rotatable bonds is 10. The SMILES string of the molecule is CCN(CC(=O)O)C1CC(NC(=O)CCCOc2ccc(F)cc2)C1. The summed E-state index contributed by atoms with van der Waals surface area (Å²) in [7, 11) is 0. The lowest BCUT2D eigenvalue weighted by atomic mass is 9.85. The number of amides is 1. The highest BCUT2D eigenvalue weighted by atomic mass is 19.1. The van der Waals surface area contributed by atoms with E-state index >= 15 is 0 Å². The highest BCUT2D eigenvalue weighted by Gasteiger charge is 2.34. The summed E-state index contributed by atoms with van der Waals surface area (Å²) in [5.41, 5.74) is 0. The second-order valence-electron chi connectivity index (χ2n) is 6.25. The van der Waals surface area contributed by atoms with Gasteiger partial charge in [0.05, 0.1) is 13.2 Å². The summed E-state index contributed by atoms with van der Waals surface area (Å²) in [5.74, 6) is -0.569. The first-order valence-corrected chi connectivity index (χ1v) is 8.61. The van der Waals surface area contributed by atoms with E-state index in [1.807, 2.05) is 11.8 Å². The Balaban J connectivity index is 1.57. The monoisotopic (exact) mass is 352 g/mol. The molecule has 0 aromatic heterocycles. The van der Waals surface area contributed by atoms with Crippen LogP contribution in [-0.2, 0) is 9.59 Å². The van der Waals surface area contributed by atoms with Crippen molar-refractivity contribution in [2.45, 2.75) is 44.7 Å². The summed E-state index contributed by atoms with van der Waals surface area (Å²) in [5, 5.41) is 11.8. The first-order valence-electron chi connectivity index (χ1n) is 8.61. The topological polar surface area (TPSA) is 78.9 Å². The summed E-state index contributed by atoms with van der Waals surface area (Å²) in [6, 6.07) is 6.13. The van der Waals surface area contributed by atoms with Gasteiger partial charge in [-0.05, 0) is 50.1 Å². The number of ether oxygens (including phenoxy) is 1. The molecule has 25 heavy (non-hydrogen) atoms. The van der Waals surface area contributed by atoms with Gasteiger partial charge < -0.3 is 15.2 Å². The fraction of sp³-hybridized carbons (Fsp3) is 0.556. The van der Waals surface area contributed by atoms with Crippen LogP contribution in [0.4, 0.5) is 4.39 Å². The van der Waals surface area contributed by atoms with Crippen molar-refractivity contribution in [3.05, 3.63) is 30.1 Å². The van der Waals surface area contributed by atoms with E-state index in [1.165, 1.54) is 12.1 Å². The highest BCUT2D eigenvalue weighted by Crippen LogP contribution is 2.25. The van der Waals surface area contributed by atoms with Crippen LogP contribution in [0.5, 0.6) is 5.75 Å². The zero-order valence-corrected chi connectivity index (χ0v) is 14.4. The minimum Gasteiger partial charge on any atom is -0.494 e. The van der Waals surface area contributed by atoms with Crippen LogP contribution in [0, 0.1) is 5.82 Å². The predicted molar refractivity (Wildman–Crippen MR) is 91.0 cm³/mol. The maximum atomic E-state index is 12.8. The minimum absolute atomic E-state index is 0.0209. The number of nitrogens with zero attached hydrogens (tertiary/aromatic N) is 1. The number of carbonyl (C=O) groups excluding carboxylic acids is 1. The van der Waals surface area contributed by atoms with Crippen LogP contribution in [-0.4, -0.2) is 53.7 Å². The van der Waals surface area contributed by atoms with Crippen LogP contribution in [0.2, 0.25) is 0 Å². The van der Waals surface area contributed by atoms with Gasteiger partial charge in [0.15, 0.2) is 0 Å². The van der Waals surface area contributed by atoms with Gasteiger partial charge in [-0.3, -0.25) is 14.5 Å². The Morgan fingerprint density at radius 3 is 2.60 bits per heavy atom. The van der Waals surface area contributed by atoms with Gasteiger partial charge in [0.1, 0.15) is 11.6 Å². The van der Waals surface area contributed by atoms with Gasteiger partial charge in [-0.15, -0.1) is 0 Å². The van der Waals surface area contributed by atoms with Crippen LogP contribution in [0.25, 0.3) is 0 Å². The molecule has 0 saturated heterocycles. The van der Waals surface area contributed by atoms with E-state index < -0.39 is 5.97 Å². The zero-order valence-electron chi connectivity index (χ0n) is 14.4. The molecule has 1 fully saturated rings. The molecule has 138 valence electrons. The molecule has 0 spiro atoms. The number of halogens is 1. The number of hydrogen-bond acceptors (Lipinski definition) is 4. The van der Waals surface area contributed by atoms with Crippen LogP contribution >= 0.6 is 0 Å². The van der Waals surface area contributed by atoms with E-state index in [4.69, 9.17) is 9.84 Å². The van der Waals surface area contributed by atoms with Crippen molar-refractivity contribution in [1.82, 2.24) is 10.2 Å². The maximum absolute atomic E-state index is 12.8. The number of carboxylic acid groups (broad SMARTS) is 1. The third-order valence-electron chi connectivity index (χ3n) is 4.37. The predicted octanol–water partition coefficient (Wildman–Crippen LogP) is 2.04. The van der Waals surface area contributed by atoms with Crippen molar-refractivity contribution in [3.8, 4) is 5.75 Å². The lowest BCUT2D eigenvalue weighted by Crippen LogP contribution is -2.54. The fourth-order valence-electron chi connectivity index (χ4n) is 2.93. The summed E-state index contributed by atoms with van der Waals surface area (Å²) < 4.78 is 18.2. The van der Waals surface area contributed by atoms with Crippen molar-refractivity contribution in [2.75, 3.05) is 19.7 Å². The molecular weight excluding hydrogens is 327 g/mol. The average molecular weight is 352 g/mol. The van der Waals surface area contributed by atoms with Gasteiger partial charge in [0.25, 0.3) is 0 Å². The Morgan fingerprint density at radius 1 is 1.32 bits per heavy atom.